The fourth-order valence-electron chi connectivity index (χ4n) is 3.55. The highest BCUT2D eigenvalue weighted by molar-refractivity contribution is 7.20. The third-order valence-corrected chi connectivity index (χ3v) is 6.11. The molecule has 1 saturated heterocycles. The maximum absolute atomic E-state index is 12.6. The number of rotatable bonds is 5. The number of fused-ring (bicyclic) bond motifs is 1. The molecule has 1 fully saturated rings. The molecule has 0 unspecified atom stereocenters. The van der Waals surface area contributed by atoms with Gasteiger partial charge in [-0.1, -0.05) is 29.5 Å². The minimum absolute atomic E-state index is 0.0292. The van der Waals surface area contributed by atoms with Crippen LogP contribution in [0.3, 0.4) is 0 Å². The molecule has 0 spiro atoms. The van der Waals surface area contributed by atoms with Crippen LogP contribution in [-0.2, 0) is 11.3 Å². The molecule has 0 aliphatic carbocycles. The molecule has 8 nitrogen and oxygen atoms in total. The number of methoxy groups -OCH3 is 1. The van der Waals surface area contributed by atoms with E-state index < -0.39 is 0 Å². The van der Waals surface area contributed by atoms with Gasteiger partial charge in [-0.2, -0.15) is 4.52 Å². The van der Waals surface area contributed by atoms with Crippen LogP contribution in [0.1, 0.15) is 24.1 Å². The smallest absolute Gasteiger partial charge is 0.275 e. The molecule has 0 bridgehead atoms. The van der Waals surface area contributed by atoms with Crippen LogP contribution in [0.4, 0.5) is 5.13 Å². The Hall–Kier alpha value is -2.94. The zero-order valence-corrected chi connectivity index (χ0v) is 17.2. The first-order chi connectivity index (χ1) is 14.0. The summed E-state index contributed by atoms with van der Waals surface area (Å²) in [6.07, 6.45) is 1.49. The molecule has 29 heavy (non-hydrogen) atoms. The summed E-state index contributed by atoms with van der Waals surface area (Å²) >= 11 is 1.41. The third-order valence-electron chi connectivity index (χ3n) is 5.14. The van der Waals surface area contributed by atoms with Crippen LogP contribution in [0.2, 0.25) is 0 Å². The Kier molecular flexibility index (Phi) is 5.48. The Labute approximate surface area is 172 Å². The number of hydrogen-bond acceptors (Lipinski definition) is 7. The van der Waals surface area contributed by atoms with E-state index in [-0.39, 0.29) is 17.4 Å². The molecule has 0 radical (unpaired) electrons. The summed E-state index contributed by atoms with van der Waals surface area (Å²) in [5.41, 5.74) is 1.49. The minimum Gasteiger partial charge on any atom is -0.496 e. The number of nitrogens with one attached hydrogen (secondary N) is 1. The van der Waals surface area contributed by atoms with Crippen LogP contribution < -0.4 is 20.5 Å². The van der Waals surface area contributed by atoms with Crippen molar-refractivity contribution in [2.24, 2.45) is 5.92 Å². The highest BCUT2D eigenvalue weighted by Gasteiger charge is 2.27. The van der Waals surface area contributed by atoms with Gasteiger partial charge >= 0.3 is 0 Å². The van der Waals surface area contributed by atoms with Crippen LogP contribution in [-0.4, -0.2) is 40.7 Å². The molecule has 9 heteroatoms. The zero-order valence-electron chi connectivity index (χ0n) is 16.4. The zero-order chi connectivity index (χ0) is 20.4. The first kappa shape index (κ1) is 19.4. The summed E-state index contributed by atoms with van der Waals surface area (Å²) in [5.74, 6) is 0.810. The average molecular weight is 414 g/mol. The van der Waals surface area contributed by atoms with Crippen molar-refractivity contribution < 1.29 is 9.53 Å². The second-order valence-corrected chi connectivity index (χ2v) is 8.04. The Balaban J connectivity index is 1.36. The molecule has 1 N–H and O–H groups in total. The summed E-state index contributed by atoms with van der Waals surface area (Å²) in [7, 11) is 1.63. The summed E-state index contributed by atoms with van der Waals surface area (Å²) in [6, 6.07) is 9.16. The van der Waals surface area contributed by atoms with Gasteiger partial charge in [0.15, 0.2) is 0 Å². The third kappa shape index (κ3) is 4.09. The van der Waals surface area contributed by atoms with Gasteiger partial charge in [-0.25, -0.2) is 4.98 Å². The lowest BCUT2D eigenvalue weighted by atomic mass is 9.96. The van der Waals surface area contributed by atoms with Gasteiger partial charge in [-0.15, -0.1) is 5.10 Å². The number of nitrogens with zero attached hydrogens (tertiary/aromatic N) is 4. The molecule has 3 aromatic rings. The molecule has 1 aliphatic rings. The number of benzene rings is 1. The molecule has 1 amide bonds. The number of carbonyl (C=O) groups excluding carboxylic acids is 1. The molecule has 0 saturated carbocycles. The summed E-state index contributed by atoms with van der Waals surface area (Å²) in [5, 5.41) is 8.21. The molecule has 1 aromatic carbocycles. The van der Waals surface area contributed by atoms with Gasteiger partial charge < -0.3 is 15.0 Å². The lowest BCUT2D eigenvalue weighted by Crippen LogP contribution is -2.40. The Morgan fingerprint density at radius 2 is 2.07 bits per heavy atom. The van der Waals surface area contributed by atoms with Crippen molar-refractivity contribution in [3.8, 4) is 5.75 Å². The number of piperidine rings is 1. The predicted molar refractivity (Wildman–Crippen MR) is 112 cm³/mol. The van der Waals surface area contributed by atoms with Gasteiger partial charge in [0.2, 0.25) is 16.0 Å². The van der Waals surface area contributed by atoms with Crippen LogP contribution in [0.15, 0.2) is 35.1 Å². The van der Waals surface area contributed by atoms with Crippen molar-refractivity contribution in [2.75, 3.05) is 25.1 Å². The number of aryl methyl sites for hydroxylation is 1. The summed E-state index contributed by atoms with van der Waals surface area (Å²) in [4.78, 5) is 31.8. The first-order valence-electron chi connectivity index (χ1n) is 9.57. The van der Waals surface area contributed by atoms with E-state index in [9.17, 15) is 9.59 Å². The largest absolute Gasteiger partial charge is 0.496 e. The van der Waals surface area contributed by atoms with Crippen molar-refractivity contribution in [1.29, 1.82) is 0 Å². The summed E-state index contributed by atoms with van der Waals surface area (Å²) in [6.45, 7) is 3.70. The molecule has 4 rings (SSSR count). The van der Waals surface area contributed by atoms with Gasteiger partial charge in [0.1, 0.15) is 5.75 Å². The normalized spacial score (nSPS) is 14.9. The van der Waals surface area contributed by atoms with E-state index in [0.29, 0.717) is 17.2 Å². The molecular formula is C20H23N5O3S. The van der Waals surface area contributed by atoms with Gasteiger partial charge in [0, 0.05) is 42.9 Å². The highest BCUT2D eigenvalue weighted by atomic mass is 32.1. The number of aromatic nitrogens is 3. The van der Waals surface area contributed by atoms with E-state index in [4.69, 9.17) is 4.74 Å². The lowest BCUT2D eigenvalue weighted by Gasteiger charge is -2.30. The molecule has 1 aliphatic heterocycles. The number of amides is 1. The molecule has 3 heterocycles. The van der Waals surface area contributed by atoms with E-state index in [0.717, 1.165) is 42.4 Å². The van der Waals surface area contributed by atoms with E-state index in [1.165, 1.54) is 21.9 Å². The Morgan fingerprint density at radius 3 is 2.83 bits per heavy atom. The first-order valence-corrected chi connectivity index (χ1v) is 10.4. The van der Waals surface area contributed by atoms with E-state index in [1.807, 2.05) is 24.3 Å². The lowest BCUT2D eigenvalue weighted by molar-refractivity contribution is -0.125. The number of anilines is 1. The second-order valence-electron chi connectivity index (χ2n) is 7.11. The van der Waals surface area contributed by atoms with Crippen molar-refractivity contribution in [1.82, 2.24) is 19.9 Å². The van der Waals surface area contributed by atoms with Gasteiger partial charge in [-0.05, 0) is 25.8 Å². The fraction of sp³-hybridized carbons (Fsp3) is 0.400. The van der Waals surface area contributed by atoms with E-state index in [1.54, 1.807) is 14.0 Å². The van der Waals surface area contributed by atoms with Crippen molar-refractivity contribution in [3.05, 3.63) is 51.9 Å². The monoisotopic (exact) mass is 413 g/mol. The molecule has 152 valence electrons. The molecular weight excluding hydrogens is 390 g/mol. The minimum atomic E-state index is -0.166. The van der Waals surface area contributed by atoms with Crippen molar-refractivity contribution in [2.45, 2.75) is 26.3 Å². The van der Waals surface area contributed by atoms with Crippen LogP contribution in [0, 0.1) is 12.8 Å². The topological polar surface area (TPSA) is 88.8 Å². The average Bonchev–Trinajstić information content (AvgIpc) is 3.16. The maximum Gasteiger partial charge on any atom is 0.275 e. The molecule has 0 atom stereocenters. The predicted octanol–water partition coefficient (Wildman–Crippen LogP) is 2.00. The maximum atomic E-state index is 12.6. The molecule has 2 aromatic heterocycles. The Morgan fingerprint density at radius 1 is 1.31 bits per heavy atom. The Bertz CT molecular complexity index is 1090. The number of carbonyl (C=O) groups is 1. The standard InChI is InChI=1S/C20H23N5O3S/c1-13-11-17(26)25-19(22-13)29-20(23-25)24-9-7-14(8-10-24)18(27)21-12-15-5-3-4-6-16(15)28-2/h3-6,11,14H,7-10,12H2,1-2H3,(H,21,27). The van der Waals surface area contributed by atoms with Crippen molar-refractivity contribution >= 4 is 27.3 Å². The fourth-order valence-corrected chi connectivity index (χ4v) is 4.55. The highest BCUT2D eigenvalue weighted by Crippen LogP contribution is 2.27. The SMILES string of the molecule is COc1ccccc1CNC(=O)C1CCN(c2nn3c(=O)cc(C)nc3s2)CC1. The van der Waals surface area contributed by atoms with Gasteiger partial charge in [-0.3, -0.25) is 9.59 Å². The number of para-hydroxylation sites is 1. The van der Waals surface area contributed by atoms with Crippen LogP contribution in [0.25, 0.3) is 4.96 Å². The quantitative estimate of drug-likeness (QED) is 0.688. The van der Waals surface area contributed by atoms with Crippen molar-refractivity contribution in [3.63, 3.8) is 0 Å². The number of ether oxygens (including phenoxy) is 1. The second kappa shape index (κ2) is 8.20. The van der Waals surface area contributed by atoms with E-state index >= 15 is 0 Å². The van der Waals surface area contributed by atoms with Crippen LogP contribution in [0.5, 0.6) is 5.75 Å². The number of hydrogen-bond donors (Lipinski definition) is 1. The summed E-state index contributed by atoms with van der Waals surface area (Å²) < 4.78 is 6.68. The van der Waals surface area contributed by atoms with Gasteiger partial charge in [0.25, 0.3) is 5.56 Å². The van der Waals surface area contributed by atoms with Crippen LogP contribution >= 0.6 is 11.3 Å². The van der Waals surface area contributed by atoms with Gasteiger partial charge in [0.05, 0.1) is 7.11 Å². The van der Waals surface area contributed by atoms with E-state index in [2.05, 4.69) is 20.3 Å².